The first kappa shape index (κ1) is 24.4. The van der Waals surface area contributed by atoms with Crippen LogP contribution in [0.3, 0.4) is 0 Å². The number of rotatable bonds is 5. The molecule has 0 saturated carbocycles. The van der Waals surface area contributed by atoms with E-state index < -0.39 is 11.6 Å². The molecular formula is C23H28F2IN6P. The third-order valence-corrected chi connectivity index (χ3v) is 7.95. The zero-order valence-corrected chi connectivity index (χ0v) is 22.5. The molecule has 0 bridgehead atoms. The van der Waals surface area contributed by atoms with Crippen LogP contribution in [0.2, 0.25) is 0 Å². The number of piperidine rings is 1. The van der Waals surface area contributed by atoms with E-state index in [4.69, 9.17) is 0 Å². The van der Waals surface area contributed by atoms with Crippen LogP contribution in [0.25, 0.3) is 22.4 Å². The van der Waals surface area contributed by atoms with Crippen molar-refractivity contribution in [1.82, 2.24) is 24.8 Å². The fraction of sp³-hybridized carbons (Fsp3) is 0.435. The highest BCUT2D eigenvalue weighted by Crippen LogP contribution is 2.34. The SMILES string of the molecule is CN(c1cnc(-c2ccc(-c3cnn(PI)c3)c(F)c2F)cn1)C1CC(C)(C)NC(C)(C)C1. The second kappa shape index (κ2) is 9.15. The van der Waals surface area contributed by atoms with Crippen LogP contribution in [-0.2, 0) is 0 Å². The van der Waals surface area contributed by atoms with Crippen LogP contribution in [0.15, 0.2) is 36.9 Å². The number of nitrogens with zero attached hydrogens (tertiary/aromatic N) is 5. The van der Waals surface area contributed by atoms with Gasteiger partial charge in [0.2, 0.25) is 0 Å². The number of halogens is 3. The predicted molar refractivity (Wildman–Crippen MR) is 139 cm³/mol. The van der Waals surface area contributed by atoms with Gasteiger partial charge in [-0.3, -0.25) is 4.98 Å². The maximum atomic E-state index is 15.0. The van der Waals surface area contributed by atoms with Crippen molar-refractivity contribution in [2.75, 3.05) is 11.9 Å². The molecule has 1 atom stereocenters. The standard InChI is InChI=1S/C23H28F2IN6P/c1-22(2)8-15(9-23(3,4)30-22)31(5)19-12-27-18(11-28-19)17-7-6-16(20(24)21(17)25)14-10-29-32(13-14)33-26/h6-7,10-13,15,30,33H,8-9H2,1-5H3. The minimum absolute atomic E-state index is 0.00406. The smallest absolute Gasteiger partial charge is 0.168 e. The van der Waals surface area contributed by atoms with E-state index in [1.54, 1.807) is 29.0 Å². The van der Waals surface area contributed by atoms with E-state index in [2.05, 4.69) is 75.0 Å². The van der Waals surface area contributed by atoms with Gasteiger partial charge < -0.3 is 10.2 Å². The van der Waals surface area contributed by atoms with Crippen LogP contribution in [0.4, 0.5) is 14.6 Å². The summed E-state index contributed by atoms with van der Waals surface area (Å²) in [5.74, 6) is -1.14. The summed E-state index contributed by atoms with van der Waals surface area (Å²) in [4.78, 5) is 11.1. The van der Waals surface area contributed by atoms with Crippen molar-refractivity contribution in [1.29, 1.82) is 0 Å². The van der Waals surface area contributed by atoms with Crippen LogP contribution in [0, 0.1) is 11.6 Å². The zero-order valence-electron chi connectivity index (χ0n) is 19.3. The lowest BCUT2D eigenvalue weighted by molar-refractivity contribution is 0.160. The van der Waals surface area contributed by atoms with Gasteiger partial charge in [0.05, 0.1) is 30.7 Å². The molecule has 4 rings (SSSR count). The number of nitrogens with one attached hydrogen (secondary N) is 1. The van der Waals surface area contributed by atoms with Crippen molar-refractivity contribution in [3.8, 4) is 22.4 Å². The maximum absolute atomic E-state index is 15.0. The highest BCUT2D eigenvalue weighted by atomic mass is 127. The molecule has 0 aliphatic carbocycles. The Kier molecular flexibility index (Phi) is 6.77. The van der Waals surface area contributed by atoms with E-state index in [-0.39, 0.29) is 28.2 Å². The van der Waals surface area contributed by atoms with Gasteiger partial charge in [-0.15, -0.1) is 0 Å². The Morgan fingerprint density at radius 3 is 2.24 bits per heavy atom. The molecule has 0 amide bonds. The first-order valence-electron chi connectivity index (χ1n) is 10.7. The average Bonchev–Trinajstić information content (AvgIpc) is 3.22. The molecule has 0 spiro atoms. The summed E-state index contributed by atoms with van der Waals surface area (Å²) in [5.41, 5.74) is 1.11. The molecule has 3 aromatic rings. The Bertz CT molecular complexity index is 1130. The van der Waals surface area contributed by atoms with Gasteiger partial charge in [0.25, 0.3) is 0 Å². The Hall–Kier alpha value is -1.71. The number of anilines is 1. The molecule has 1 aromatic carbocycles. The molecule has 33 heavy (non-hydrogen) atoms. The summed E-state index contributed by atoms with van der Waals surface area (Å²) in [6.07, 6.45) is 8.70. The monoisotopic (exact) mass is 584 g/mol. The second-order valence-corrected chi connectivity index (χ2v) is 11.9. The third kappa shape index (κ3) is 5.20. The van der Waals surface area contributed by atoms with Crippen LogP contribution in [0.1, 0.15) is 40.5 Å². The molecular weight excluding hydrogens is 556 g/mol. The Morgan fingerprint density at radius 1 is 1.03 bits per heavy atom. The van der Waals surface area contributed by atoms with Gasteiger partial charge in [-0.25, -0.2) is 18.2 Å². The lowest BCUT2D eigenvalue weighted by atomic mass is 9.79. The lowest BCUT2D eigenvalue weighted by Gasteiger charge is -2.49. The average molecular weight is 584 g/mol. The fourth-order valence-electron chi connectivity index (χ4n) is 4.85. The van der Waals surface area contributed by atoms with Crippen molar-refractivity contribution in [3.63, 3.8) is 0 Å². The molecule has 176 valence electrons. The summed E-state index contributed by atoms with van der Waals surface area (Å²) < 4.78 is 31.5. The second-order valence-electron chi connectivity index (χ2n) is 9.87. The Morgan fingerprint density at radius 2 is 1.67 bits per heavy atom. The summed E-state index contributed by atoms with van der Waals surface area (Å²) in [5, 5.41) is 7.83. The van der Waals surface area contributed by atoms with E-state index in [1.165, 1.54) is 12.4 Å². The van der Waals surface area contributed by atoms with E-state index >= 15 is 0 Å². The first-order valence-corrected chi connectivity index (χ1v) is 14.8. The summed E-state index contributed by atoms with van der Waals surface area (Å²) >= 11 is 2.18. The number of hydrogen-bond donors (Lipinski definition) is 1. The zero-order chi connectivity index (χ0) is 24.0. The molecule has 6 nitrogen and oxygen atoms in total. The normalized spacial score (nSPS) is 18.2. The first-order chi connectivity index (χ1) is 15.5. The molecule has 1 aliphatic rings. The van der Waals surface area contributed by atoms with E-state index in [9.17, 15) is 8.78 Å². The van der Waals surface area contributed by atoms with Gasteiger partial charge in [-0.2, -0.15) is 5.10 Å². The van der Waals surface area contributed by atoms with Crippen molar-refractivity contribution in [3.05, 3.63) is 48.6 Å². The topological polar surface area (TPSA) is 58.9 Å². The molecule has 1 fully saturated rings. The van der Waals surface area contributed by atoms with Gasteiger partial charge in [-0.05, 0) is 68.6 Å². The molecule has 1 N–H and O–H groups in total. The highest BCUT2D eigenvalue weighted by molar-refractivity contribution is 14.2. The molecule has 0 radical (unpaired) electrons. The molecule has 3 heterocycles. The third-order valence-electron chi connectivity index (χ3n) is 6.05. The van der Waals surface area contributed by atoms with Gasteiger partial charge >= 0.3 is 0 Å². The van der Waals surface area contributed by atoms with E-state index in [1.807, 2.05) is 7.05 Å². The van der Waals surface area contributed by atoms with Crippen LogP contribution < -0.4 is 10.2 Å². The Labute approximate surface area is 207 Å². The number of benzene rings is 1. The Balaban J connectivity index is 1.57. The van der Waals surface area contributed by atoms with Crippen LogP contribution in [-0.4, -0.2) is 43.7 Å². The lowest BCUT2D eigenvalue weighted by Crippen LogP contribution is -2.62. The quantitative estimate of drug-likeness (QED) is 0.303. The summed E-state index contributed by atoms with van der Waals surface area (Å²) in [6, 6.07) is 3.39. The van der Waals surface area contributed by atoms with Gasteiger partial charge in [0.1, 0.15) is 5.82 Å². The molecule has 1 aliphatic heterocycles. The highest BCUT2D eigenvalue weighted by Gasteiger charge is 2.39. The largest absolute Gasteiger partial charge is 0.355 e. The van der Waals surface area contributed by atoms with Crippen LogP contribution in [0.5, 0.6) is 0 Å². The van der Waals surface area contributed by atoms with Gasteiger partial charge in [0, 0.05) is 47.1 Å². The van der Waals surface area contributed by atoms with E-state index in [0.717, 1.165) is 12.8 Å². The number of hydrogen-bond acceptors (Lipinski definition) is 5. The van der Waals surface area contributed by atoms with Crippen LogP contribution >= 0.6 is 28.4 Å². The molecule has 2 aromatic heterocycles. The van der Waals surface area contributed by atoms with Gasteiger partial charge in [0.15, 0.2) is 11.6 Å². The van der Waals surface area contributed by atoms with E-state index in [0.29, 0.717) is 23.4 Å². The summed E-state index contributed by atoms with van der Waals surface area (Å²) in [7, 11) is 2.01. The predicted octanol–water partition coefficient (Wildman–Crippen LogP) is 5.82. The minimum atomic E-state index is -0.936. The fourth-order valence-corrected chi connectivity index (χ4v) is 5.93. The van der Waals surface area contributed by atoms with Crippen molar-refractivity contribution >= 4 is 34.2 Å². The van der Waals surface area contributed by atoms with Crippen molar-refractivity contribution in [2.24, 2.45) is 0 Å². The van der Waals surface area contributed by atoms with Crippen molar-refractivity contribution in [2.45, 2.75) is 57.7 Å². The number of aromatic nitrogens is 4. The molecule has 1 unspecified atom stereocenters. The summed E-state index contributed by atoms with van der Waals surface area (Å²) in [6.45, 7) is 8.82. The maximum Gasteiger partial charge on any atom is 0.168 e. The van der Waals surface area contributed by atoms with Gasteiger partial charge in [-0.1, -0.05) is 6.07 Å². The molecule has 1 saturated heterocycles. The minimum Gasteiger partial charge on any atom is -0.355 e. The van der Waals surface area contributed by atoms with Crippen molar-refractivity contribution < 1.29 is 8.78 Å². The molecule has 10 heteroatoms.